The number of rotatable bonds is 32. The van der Waals surface area contributed by atoms with E-state index in [1.807, 2.05) is 0 Å². The standard InChI is InChI=1S/C8H9FNO2PS2.C8H10FO3PS2.C8H12FOPS2.C7H11FNOPS2.C7H8FO2PS2.C6H11FNO2PS3/c9-13(15)4-3-6(5-14)10-7(11)1-2-8(10)12;1-2-7(10)11-5-3-8(13(9)15)12-6(5)4-14;1-2-8(10)7(4-6-12)3-5-11(9)13;1-2-7(10)9(4-6-12)3-5-11(8)13;1-2-4(9)7-5(12)3-6(10-7)11(8)13;1-2-14(9,10)8(4-6-12)3-5-11(7)13/h1-2,6H,3-5H2;2,5-6,8H,1,3-4H2;2,7H,1,3-6H2;2H,1,3-6H2;2,5-7H,1,3H2;2H,1,3-6H2/p+6. The van der Waals surface area contributed by atoms with E-state index in [0.717, 1.165) is 20.7 Å². The van der Waals surface area contributed by atoms with Crippen LogP contribution in [0.15, 0.2) is 74.8 Å². The minimum atomic E-state index is -3.47. The van der Waals surface area contributed by atoms with Gasteiger partial charge in [-0.1, -0.05) is 32.9 Å². The van der Waals surface area contributed by atoms with Gasteiger partial charge in [-0.2, -0.15) is 80.1 Å². The fraction of sp³-hybridized carbons (Fsp3) is 0.591. The predicted octanol–water partition coefficient (Wildman–Crippen LogP) is 11.5. The van der Waals surface area contributed by atoms with Gasteiger partial charge in [-0.3, -0.25) is 28.9 Å². The second kappa shape index (κ2) is 51.1. The number of ketones is 2. The molecule has 14 unspecified atom stereocenters. The summed E-state index contributed by atoms with van der Waals surface area (Å²) in [5, 5.41) is 0.583. The van der Waals surface area contributed by atoms with Crippen LogP contribution in [0.4, 0.5) is 25.2 Å². The first-order chi connectivity index (χ1) is 38.9. The van der Waals surface area contributed by atoms with Crippen LogP contribution in [0.3, 0.4) is 0 Å². The molecule has 0 aliphatic carbocycles. The Bertz CT molecular complexity index is 2380. The van der Waals surface area contributed by atoms with Gasteiger partial charge in [0.15, 0.2) is 36.2 Å². The first-order valence-corrected chi connectivity index (χ1v) is 43.3. The summed E-state index contributed by atoms with van der Waals surface area (Å²) in [6, 6.07) is -0.355. The van der Waals surface area contributed by atoms with Crippen LogP contribution in [0.1, 0.15) is 32.1 Å². The number of allylic oxidation sites excluding steroid dienone is 1. The van der Waals surface area contributed by atoms with Crippen molar-refractivity contribution in [2.24, 2.45) is 5.92 Å². The average molecular weight is 1530 g/mol. The third kappa shape index (κ3) is 40.1. The Labute approximate surface area is 553 Å². The molecule has 0 N–H and O–H groups in total. The van der Waals surface area contributed by atoms with Crippen LogP contribution in [0.2, 0.25) is 0 Å². The molecule has 0 spiro atoms. The zero-order chi connectivity index (χ0) is 64.6. The van der Waals surface area contributed by atoms with E-state index < -0.39 is 81.9 Å². The van der Waals surface area contributed by atoms with Gasteiger partial charge < -0.3 is 19.1 Å². The first kappa shape index (κ1) is 87.7. The quantitative estimate of drug-likeness (QED) is 0.00937. The van der Waals surface area contributed by atoms with Crippen molar-refractivity contribution in [3.05, 3.63) is 74.8 Å². The smallest absolute Gasteiger partial charge is 0.428 e. The molecule has 0 radical (unpaired) electrons. The number of carbonyl (C=O) groups excluding carboxylic acids is 6. The zero-order valence-electron chi connectivity index (χ0n) is 44.2. The number of ether oxygens (including phenoxy) is 3. The molecule has 0 aromatic carbocycles. The van der Waals surface area contributed by atoms with E-state index in [9.17, 15) is 62.4 Å². The summed E-state index contributed by atoms with van der Waals surface area (Å²) in [4.78, 5) is 69.7. The molecule has 468 valence electrons. The lowest BCUT2D eigenvalue weighted by atomic mass is 9.98. The highest BCUT2D eigenvalue weighted by atomic mass is 32.4. The van der Waals surface area contributed by atoms with Crippen LogP contribution < -0.4 is 0 Å². The summed E-state index contributed by atoms with van der Waals surface area (Å²) in [5.41, 5.74) is 0. The highest BCUT2D eigenvalue weighted by Crippen LogP contribution is 2.42. The molecule has 2 fully saturated rings. The van der Waals surface area contributed by atoms with Gasteiger partial charge >= 0.3 is 48.0 Å². The molecule has 14 atom stereocenters. The van der Waals surface area contributed by atoms with Crippen LogP contribution in [-0.4, -0.2) is 179 Å². The van der Waals surface area contributed by atoms with Crippen molar-refractivity contribution in [2.75, 3.05) is 79.6 Å². The van der Waals surface area contributed by atoms with Gasteiger partial charge in [-0.15, -0.1) is 0 Å². The van der Waals surface area contributed by atoms with Gasteiger partial charge in [0.2, 0.25) is 86.8 Å². The van der Waals surface area contributed by atoms with Crippen molar-refractivity contribution in [1.82, 2.24) is 14.1 Å². The summed E-state index contributed by atoms with van der Waals surface area (Å²) in [5.74, 6) is -0.850. The van der Waals surface area contributed by atoms with E-state index in [2.05, 4.69) is 180 Å². The molecule has 14 nitrogen and oxygen atoms in total. The Hall–Kier alpha value is 0.490. The Balaban J connectivity index is -0.000000927. The minimum Gasteiger partial charge on any atom is -0.456 e. The van der Waals surface area contributed by atoms with Crippen LogP contribution in [0.5, 0.6) is 0 Å². The third-order valence-corrected chi connectivity index (χ3v) is 21.4. The van der Waals surface area contributed by atoms with E-state index in [1.54, 1.807) is 0 Å². The number of hydrogen-bond donors (Lipinski definition) is 6. The molecule has 0 aromatic heterocycles. The number of amides is 3. The molecule has 0 bridgehead atoms. The van der Waals surface area contributed by atoms with Crippen LogP contribution >= 0.6 is 118 Å². The number of sulfonamides is 1. The Morgan fingerprint density at radius 1 is 0.687 bits per heavy atom. The number of imide groups is 1. The molecule has 2 saturated heterocycles. The summed E-state index contributed by atoms with van der Waals surface area (Å²) >= 11 is 50.9. The third-order valence-electron chi connectivity index (χ3n) is 10.5. The van der Waals surface area contributed by atoms with Gasteiger partial charge in [0.25, 0.3) is 23.5 Å². The minimum absolute atomic E-state index is 0.0269. The molecular weight excluding hydrogens is 1460 g/mol. The molecule has 83 heavy (non-hydrogen) atoms. The Morgan fingerprint density at radius 2 is 1.19 bits per heavy atom. The number of hydrogen-bond acceptors (Lipinski definition) is 23. The van der Waals surface area contributed by atoms with Crippen molar-refractivity contribution in [2.45, 2.75) is 73.4 Å². The molecule has 39 heteroatoms. The summed E-state index contributed by atoms with van der Waals surface area (Å²) in [6.07, 6.45) is 8.78. The molecule has 3 heterocycles. The molecule has 3 rings (SSSR count). The largest absolute Gasteiger partial charge is 0.456 e. The fourth-order valence-corrected chi connectivity index (χ4v) is 14.5. The van der Waals surface area contributed by atoms with Crippen molar-refractivity contribution in [1.29, 1.82) is 0 Å². The van der Waals surface area contributed by atoms with Crippen LogP contribution in [0.25, 0.3) is 0 Å². The van der Waals surface area contributed by atoms with Crippen molar-refractivity contribution < 1.29 is 76.6 Å². The molecule has 3 amide bonds. The number of carbonyl (C=O) groups is 6. The summed E-state index contributed by atoms with van der Waals surface area (Å²) in [7, 11) is -15.1. The zero-order valence-corrected chi connectivity index (χ0v) is 60.7. The van der Waals surface area contributed by atoms with Crippen molar-refractivity contribution in [3.63, 3.8) is 0 Å². The van der Waals surface area contributed by atoms with Crippen molar-refractivity contribution in [3.8, 4) is 0 Å². The second-order valence-corrected chi connectivity index (χ2v) is 34.1. The summed E-state index contributed by atoms with van der Waals surface area (Å²) < 4.78 is 115. The van der Waals surface area contributed by atoms with Gasteiger partial charge in [0, 0.05) is 115 Å². The lowest BCUT2D eigenvalue weighted by Crippen LogP contribution is -2.41. The van der Waals surface area contributed by atoms with E-state index in [4.69, 9.17) is 14.2 Å². The van der Waals surface area contributed by atoms with E-state index in [0.29, 0.717) is 80.1 Å². The molecule has 0 aromatic rings. The highest BCUT2D eigenvalue weighted by Gasteiger charge is 2.46. The van der Waals surface area contributed by atoms with E-state index >= 15 is 0 Å². The number of nitrogens with zero attached hydrogens (tertiary/aromatic N) is 3. The average Bonchev–Trinajstić information content (AvgIpc) is 4.24. The van der Waals surface area contributed by atoms with E-state index in [-0.39, 0.29) is 84.2 Å². The normalized spacial score (nSPS) is 20.3. The maximum absolute atomic E-state index is 12.9. The lowest BCUT2D eigenvalue weighted by Gasteiger charge is -2.22. The molecule has 3 aliphatic heterocycles. The predicted molar refractivity (Wildman–Crippen MR) is 370 cm³/mol. The monoisotopic (exact) mass is 1530 g/mol. The van der Waals surface area contributed by atoms with Crippen LogP contribution in [0, 0.1) is 5.92 Å². The lowest BCUT2D eigenvalue weighted by molar-refractivity contribution is -0.145. The van der Waals surface area contributed by atoms with E-state index in [1.165, 1.54) is 35.3 Å². The van der Waals surface area contributed by atoms with Gasteiger partial charge in [0.1, 0.15) is 18.3 Å². The Kier molecular flexibility index (Phi) is 54.0. The first-order valence-electron chi connectivity index (χ1n) is 23.8. The maximum atomic E-state index is 12.9. The second-order valence-electron chi connectivity index (χ2n) is 16.1. The molecular formula is C44H67F6N3O11P6S13+6. The maximum Gasteiger partial charge on any atom is 0.428 e. The number of halogens is 6. The molecule has 0 saturated carbocycles. The van der Waals surface area contributed by atoms with Crippen molar-refractivity contribution >= 4 is 234 Å². The van der Waals surface area contributed by atoms with Crippen LogP contribution in [-0.2, 0) is 124 Å². The molecule has 3 aliphatic rings. The summed E-state index contributed by atoms with van der Waals surface area (Å²) in [6.45, 7) is 17.8. The number of esters is 1. The van der Waals surface area contributed by atoms with Gasteiger partial charge in [-0.05, 0) is 30.4 Å². The number of thiol groups is 6. The highest BCUT2D eigenvalue weighted by molar-refractivity contribution is 8.04. The topological polar surface area (TPSA) is 174 Å². The van der Waals surface area contributed by atoms with Gasteiger partial charge in [0.05, 0.1) is 25.6 Å². The fourth-order valence-electron chi connectivity index (χ4n) is 6.34. The SMILES string of the molecule is C=CC(=O)C(CCS)CC[P+](F)=S.C=CC(=O)C1OC([P+](F)=S)CC1S.C=CC(=O)N(CCS)CC[P+](F)=S.C=CC(=O)OC1CC([P+](F)=S)OC1CS.C=CS(=O)(=O)N(CCS)CC[P+](F)=S.O=C1C=CC(=O)N1C(CS)CC[P+](F)=S. The Morgan fingerprint density at radius 3 is 1.59 bits per heavy atom. The van der Waals surface area contributed by atoms with Gasteiger partial charge in [-0.25, -0.2) is 13.2 Å².